The van der Waals surface area contributed by atoms with E-state index in [2.05, 4.69) is 38.5 Å². The van der Waals surface area contributed by atoms with Gasteiger partial charge in [-0.2, -0.15) is 12.6 Å². The third kappa shape index (κ3) is 9.49. The van der Waals surface area contributed by atoms with E-state index in [1.807, 2.05) is 0 Å². The van der Waals surface area contributed by atoms with Gasteiger partial charge in [0.05, 0.1) is 12.4 Å². The van der Waals surface area contributed by atoms with Crippen LogP contribution in [-0.2, 0) is 30.4 Å². The van der Waals surface area contributed by atoms with Crippen molar-refractivity contribution in [3.05, 3.63) is 18.2 Å². The molecule has 184 valence electrons. The third-order valence-electron chi connectivity index (χ3n) is 4.66. The molecule has 0 aliphatic rings. The Hall–Kier alpha value is -3.13. The van der Waals surface area contributed by atoms with E-state index in [1.54, 1.807) is 13.8 Å². The second-order valence-electron chi connectivity index (χ2n) is 7.69. The average molecular weight is 487 g/mol. The Bertz CT molecular complexity index is 833. The van der Waals surface area contributed by atoms with Crippen molar-refractivity contribution >= 4 is 42.3 Å². The van der Waals surface area contributed by atoms with E-state index in [0.29, 0.717) is 5.69 Å². The molecule has 1 rings (SSSR count). The Kier molecular flexibility index (Phi) is 11.4. The Morgan fingerprint density at radius 1 is 1.06 bits per heavy atom. The van der Waals surface area contributed by atoms with Crippen molar-refractivity contribution in [2.45, 2.75) is 57.3 Å². The van der Waals surface area contributed by atoms with Crippen LogP contribution in [0, 0.1) is 5.92 Å². The van der Waals surface area contributed by atoms with Crippen LogP contribution in [0.1, 0.15) is 32.4 Å². The maximum Gasteiger partial charge on any atom is 0.326 e. The first-order chi connectivity index (χ1) is 15.5. The summed E-state index contributed by atoms with van der Waals surface area (Å²) in [5, 5.41) is 25.3. The maximum absolute atomic E-state index is 12.9. The Balaban J connectivity index is 2.92. The van der Waals surface area contributed by atoms with E-state index in [4.69, 9.17) is 10.8 Å². The van der Waals surface area contributed by atoms with Gasteiger partial charge in [-0.3, -0.25) is 19.2 Å². The second kappa shape index (κ2) is 13.4. The van der Waals surface area contributed by atoms with E-state index in [0.717, 1.165) is 0 Å². The van der Waals surface area contributed by atoms with Gasteiger partial charge in [0, 0.05) is 30.5 Å². The number of nitrogens with one attached hydrogen (secondary N) is 4. The molecule has 0 radical (unpaired) electrons. The molecule has 0 saturated heterocycles. The number of carboxylic acid groups (broad SMARTS) is 2. The van der Waals surface area contributed by atoms with Crippen molar-refractivity contribution in [2.75, 3.05) is 5.75 Å². The smallest absolute Gasteiger partial charge is 0.326 e. The zero-order valence-corrected chi connectivity index (χ0v) is 19.2. The lowest BCUT2D eigenvalue weighted by Crippen LogP contribution is -2.58. The predicted molar refractivity (Wildman–Crippen MR) is 119 cm³/mol. The lowest BCUT2D eigenvalue weighted by atomic mass is 10.0. The normalized spacial score (nSPS) is 14.6. The highest BCUT2D eigenvalue weighted by Crippen LogP contribution is 2.05. The monoisotopic (exact) mass is 486 g/mol. The number of amides is 3. The quantitative estimate of drug-likeness (QED) is 0.140. The molecule has 1 heterocycles. The van der Waals surface area contributed by atoms with Crippen molar-refractivity contribution in [3.63, 3.8) is 0 Å². The van der Waals surface area contributed by atoms with Crippen LogP contribution in [0.5, 0.6) is 0 Å². The van der Waals surface area contributed by atoms with Gasteiger partial charge < -0.3 is 36.9 Å². The number of thiol groups is 1. The number of carboxylic acids is 2. The van der Waals surface area contributed by atoms with E-state index in [-0.39, 0.29) is 25.0 Å². The first kappa shape index (κ1) is 27.9. The lowest BCUT2D eigenvalue weighted by molar-refractivity contribution is -0.143. The summed E-state index contributed by atoms with van der Waals surface area (Å²) in [6, 6.07) is -4.68. The van der Waals surface area contributed by atoms with Crippen LogP contribution < -0.4 is 21.7 Å². The van der Waals surface area contributed by atoms with Gasteiger partial charge in [0.25, 0.3) is 0 Å². The van der Waals surface area contributed by atoms with Gasteiger partial charge in [-0.05, 0) is 12.3 Å². The molecular weight excluding hydrogens is 456 g/mol. The number of hydrogen-bond acceptors (Lipinski definition) is 8. The second-order valence-corrected chi connectivity index (χ2v) is 8.06. The van der Waals surface area contributed by atoms with Gasteiger partial charge in [0.15, 0.2) is 0 Å². The van der Waals surface area contributed by atoms with E-state index < -0.39 is 59.7 Å². The molecule has 0 saturated carbocycles. The summed E-state index contributed by atoms with van der Waals surface area (Å²) < 4.78 is 0. The number of nitrogens with zero attached hydrogens (tertiary/aromatic N) is 1. The van der Waals surface area contributed by atoms with Crippen LogP contribution >= 0.6 is 12.6 Å². The molecule has 0 aromatic carbocycles. The molecule has 13 nitrogen and oxygen atoms in total. The summed E-state index contributed by atoms with van der Waals surface area (Å²) in [6.45, 7) is 3.24. The summed E-state index contributed by atoms with van der Waals surface area (Å²) >= 11 is 4.06. The van der Waals surface area contributed by atoms with Crippen molar-refractivity contribution in [1.29, 1.82) is 0 Å². The summed E-state index contributed by atoms with van der Waals surface area (Å²) in [7, 11) is 0. The highest BCUT2D eigenvalue weighted by molar-refractivity contribution is 7.80. The van der Waals surface area contributed by atoms with Gasteiger partial charge in [-0.1, -0.05) is 13.8 Å². The van der Waals surface area contributed by atoms with Gasteiger partial charge >= 0.3 is 11.9 Å². The van der Waals surface area contributed by atoms with Gasteiger partial charge in [0.1, 0.15) is 18.1 Å². The SMILES string of the molecule is CC(C)C(NC(=O)C(CS)NC(=O)C(Cc1cnc[nH]1)NC(=O)C(N)CCC(=O)O)C(=O)O. The Labute approximate surface area is 195 Å². The fraction of sp³-hybridized carbons (Fsp3) is 0.579. The summed E-state index contributed by atoms with van der Waals surface area (Å²) in [4.78, 5) is 66.5. The molecular formula is C19H30N6O7S. The van der Waals surface area contributed by atoms with Crippen LogP contribution in [0.15, 0.2) is 12.5 Å². The maximum atomic E-state index is 12.9. The molecule has 33 heavy (non-hydrogen) atoms. The van der Waals surface area contributed by atoms with Gasteiger partial charge in [-0.15, -0.1) is 0 Å². The topological polar surface area (TPSA) is 217 Å². The first-order valence-corrected chi connectivity index (χ1v) is 10.8. The Morgan fingerprint density at radius 3 is 2.15 bits per heavy atom. The summed E-state index contributed by atoms with van der Waals surface area (Å²) in [5.41, 5.74) is 6.22. The molecule has 1 aromatic rings. The molecule has 0 aliphatic heterocycles. The van der Waals surface area contributed by atoms with Crippen LogP contribution in [0.4, 0.5) is 0 Å². The molecule has 8 N–H and O–H groups in total. The highest BCUT2D eigenvalue weighted by Gasteiger charge is 2.31. The number of carbonyl (C=O) groups excluding carboxylic acids is 3. The minimum absolute atomic E-state index is 0.0200. The highest BCUT2D eigenvalue weighted by atomic mass is 32.1. The first-order valence-electron chi connectivity index (χ1n) is 10.2. The lowest BCUT2D eigenvalue weighted by Gasteiger charge is -2.25. The molecule has 4 atom stereocenters. The molecule has 4 unspecified atom stereocenters. The van der Waals surface area contributed by atoms with Crippen LogP contribution in [-0.4, -0.2) is 79.8 Å². The van der Waals surface area contributed by atoms with E-state index in [9.17, 15) is 29.1 Å². The minimum Gasteiger partial charge on any atom is -0.481 e. The Morgan fingerprint density at radius 2 is 1.67 bits per heavy atom. The van der Waals surface area contributed by atoms with Crippen molar-refractivity contribution in [3.8, 4) is 0 Å². The number of imidazole rings is 1. The van der Waals surface area contributed by atoms with Crippen molar-refractivity contribution in [2.24, 2.45) is 11.7 Å². The summed E-state index contributed by atoms with van der Waals surface area (Å²) in [5.74, 6) is -5.10. The van der Waals surface area contributed by atoms with Crippen molar-refractivity contribution < 1.29 is 34.2 Å². The average Bonchev–Trinajstić information content (AvgIpc) is 3.25. The zero-order valence-electron chi connectivity index (χ0n) is 18.3. The standard InChI is InChI=1S/C19H30N6O7S/c1-9(2)15(19(31)32)25-18(30)13(7-33)24-17(29)12(5-10-6-21-8-22-10)23-16(28)11(20)3-4-14(26)27/h6,8-9,11-13,15,33H,3-5,7,20H2,1-2H3,(H,21,22)(H,23,28)(H,24,29)(H,25,30)(H,26,27)(H,31,32). The van der Waals surface area contributed by atoms with Crippen molar-refractivity contribution in [1.82, 2.24) is 25.9 Å². The van der Waals surface area contributed by atoms with Gasteiger partial charge in [0.2, 0.25) is 17.7 Å². The molecule has 1 aromatic heterocycles. The van der Waals surface area contributed by atoms with Gasteiger partial charge in [-0.25, -0.2) is 9.78 Å². The van der Waals surface area contributed by atoms with Crippen LogP contribution in [0.3, 0.4) is 0 Å². The predicted octanol–water partition coefficient (Wildman–Crippen LogP) is -1.73. The number of aliphatic carboxylic acids is 2. The number of H-pyrrole nitrogens is 1. The number of carbonyl (C=O) groups is 5. The number of rotatable bonds is 14. The fourth-order valence-corrected chi connectivity index (χ4v) is 3.01. The van der Waals surface area contributed by atoms with Crippen LogP contribution in [0.25, 0.3) is 0 Å². The third-order valence-corrected chi connectivity index (χ3v) is 5.03. The van der Waals surface area contributed by atoms with Crippen LogP contribution in [0.2, 0.25) is 0 Å². The number of aromatic nitrogens is 2. The van der Waals surface area contributed by atoms with E-state index >= 15 is 0 Å². The molecule has 0 fully saturated rings. The molecule has 0 aliphatic carbocycles. The largest absolute Gasteiger partial charge is 0.481 e. The number of nitrogens with two attached hydrogens (primary N) is 1. The number of aromatic amines is 1. The molecule has 0 bridgehead atoms. The minimum atomic E-state index is -1.22. The number of hydrogen-bond donors (Lipinski definition) is 8. The molecule has 0 spiro atoms. The van der Waals surface area contributed by atoms with E-state index in [1.165, 1.54) is 12.5 Å². The molecule has 14 heteroatoms. The summed E-state index contributed by atoms with van der Waals surface area (Å²) in [6.07, 6.45) is 2.35. The fourth-order valence-electron chi connectivity index (χ4n) is 2.75. The zero-order chi connectivity index (χ0) is 25.1. The molecule has 3 amide bonds.